The molecule has 0 radical (unpaired) electrons. The van der Waals surface area contributed by atoms with Crippen molar-refractivity contribution in [3.8, 4) is 11.3 Å². The van der Waals surface area contributed by atoms with Gasteiger partial charge >= 0.3 is 35.7 Å². The third-order valence-corrected chi connectivity index (χ3v) is 2.36. The van der Waals surface area contributed by atoms with Crippen LogP contribution < -0.4 is 34.7 Å². The largest absolute Gasteiger partial charge is 1.00 e. The number of carbonyl (C=O) groups excluding carboxylic acids is 1. The van der Waals surface area contributed by atoms with Crippen LogP contribution in [0.5, 0.6) is 0 Å². The minimum atomic E-state index is -4.47. The molecule has 0 aliphatic carbocycles. The van der Waals surface area contributed by atoms with Crippen LogP contribution in [0.1, 0.15) is 16.1 Å². The summed E-state index contributed by atoms with van der Waals surface area (Å²) in [5.74, 6) is -1.52. The maximum absolute atomic E-state index is 12.6. The Bertz CT molecular complexity index is 632. The van der Waals surface area contributed by atoms with Gasteiger partial charge in [0.2, 0.25) is 0 Å². The molecular weight excluding hydrogens is 284 g/mol. The van der Waals surface area contributed by atoms with Crippen LogP contribution in [0.2, 0.25) is 0 Å². The van der Waals surface area contributed by atoms with Crippen molar-refractivity contribution in [2.75, 3.05) is 0 Å². The van der Waals surface area contributed by atoms with E-state index in [1.165, 1.54) is 12.1 Å². The van der Waals surface area contributed by atoms with Crippen molar-refractivity contribution in [3.05, 3.63) is 47.9 Å². The van der Waals surface area contributed by atoms with Crippen molar-refractivity contribution >= 4 is 5.97 Å². The smallest absolute Gasteiger partial charge is 0.543 e. The number of hydrogen-bond acceptors (Lipinski definition) is 4. The second kappa shape index (κ2) is 6.34. The Morgan fingerprint density at radius 1 is 1.15 bits per heavy atom. The predicted octanol–water partition coefficient (Wildman–Crippen LogP) is -1.47. The fraction of sp³-hybridized carbons (Fsp3) is 0.0833. The van der Waals surface area contributed by atoms with Gasteiger partial charge in [0.25, 0.3) is 0 Å². The van der Waals surface area contributed by atoms with Crippen molar-refractivity contribution in [1.29, 1.82) is 0 Å². The number of aromatic nitrogens is 2. The number of alkyl halides is 3. The molecule has 4 nitrogen and oxygen atoms in total. The van der Waals surface area contributed by atoms with Gasteiger partial charge in [0.1, 0.15) is 6.33 Å². The zero-order valence-electron chi connectivity index (χ0n) is 10.3. The number of carboxylic acid groups (broad SMARTS) is 1. The van der Waals surface area contributed by atoms with Gasteiger partial charge in [-0.1, -0.05) is 12.1 Å². The predicted molar refractivity (Wildman–Crippen MR) is 56.8 cm³/mol. The van der Waals surface area contributed by atoms with Crippen LogP contribution in [0.25, 0.3) is 11.3 Å². The molecule has 8 heteroatoms. The molecule has 1 aromatic carbocycles. The Labute approximate surface area is 134 Å². The average Bonchev–Trinajstić information content (AvgIpc) is 2.38. The zero-order valence-corrected chi connectivity index (χ0v) is 12.3. The molecule has 0 spiro atoms. The van der Waals surface area contributed by atoms with Crippen LogP contribution >= 0.6 is 0 Å². The van der Waals surface area contributed by atoms with E-state index in [2.05, 4.69) is 9.97 Å². The summed E-state index contributed by atoms with van der Waals surface area (Å²) in [4.78, 5) is 17.8. The number of nitrogens with zero attached hydrogens (tertiary/aromatic N) is 2. The third-order valence-electron chi connectivity index (χ3n) is 2.36. The van der Waals surface area contributed by atoms with Crippen LogP contribution in [0, 0.1) is 0 Å². The monoisotopic (exact) mass is 290 g/mol. The molecule has 0 N–H and O–H groups in total. The molecule has 0 atom stereocenters. The molecule has 98 valence electrons. The molecule has 0 bridgehead atoms. The minimum Gasteiger partial charge on any atom is -0.543 e. The van der Waals surface area contributed by atoms with Crippen molar-refractivity contribution < 1.29 is 52.6 Å². The van der Waals surface area contributed by atoms with Gasteiger partial charge in [0, 0.05) is 5.56 Å². The molecule has 20 heavy (non-hydrogen) atoms. The molecule has 2 aromatic rings. The van der Waals surface area contributed by atoms with Crippen molar-refractivity contribution in [2.24, 2.45) is 0 Å². The molecule has 1 aromatic heterocycles. The second-order valence-electron chi connectivity index (χ2n) is 3.65. The molecule has 0 aliphatic rings. The summed E-state index contributed by atoms with van der Waals surface area (Å²) in [5, 5.41) is 10.6. The fourth-order valence-electron chi connectivity index (χ4n) is 1.48. The molecule has 0 aliphatic heterocycles. The van der Waals surface area contributed by atoms with Crippen molar-refractivity contribution in [2.45, 2.75) is 6.18 Å². The summed E-state index contributed by atoms with van der Waals surface area (Å²) in [5.41, 5.74) is -0.985. The third kappa shape index (κ3) is 3.78. The Hall–Kier alpha value is -1.44. The quantitative estimate of drug-likeness (QED) is 0.633. The number of halogens is 3. The van der Waals surface area contributed by atoms with E-state index < -0.39 is 17.7 Å². The van der Waals surface area contributed by atoms with Crippen LogP contribution in [-0.2, 0) is 6.18 Å². The second-order valence-corrected chi connectivity index (χ2v) is 3.65. The number of benzene rings is 1. The maximum Gasteiger partial charge on any atom is 1.00 e. The van der Waals surface area contributed by atoms with Crippen LogP contribution in [0.4, 0.5) is 13.2 Å². The van der Waals surface area contributed by atoms with Crippen LogP contribution in [0.3, 0.4) is 0 Å². The standard InChI is InChI=1S/C12H7F3N2O2.Na/c13-12(14,15)8-3-1-2-7(4-8)9-5-10(11(18)19)17-6-16-9;/h1-6H,(H,18,19);/q;+1/p-1. The molecule has 0 fully saturated rings. The Balaban J connectivity index is 0.00000200. The first-order chi connectivity index (χ1) is 8.88. The minimum absolute atomic E-state index is 0. The molecule has 1 heterocycles. The first-order valence-corrected chi connectivity index (χ1v) is 5.09. The maximum atomic E-state index is 12.6. The van der Waals surface area contributed by atoms with Gasteiger partial charge in [0.05, 0.1) is 22.9 Å². The van der Waals surface area contributed by atoms with E-state index in [9.17, 15) is 23.1 Å². The Kier molecular flexibility index (Phi) is 5.27. The summed E-state index contributed by atoms with van der Waals surface area (Å²) in [6.07, 6.45) is -3.51. The number of rotatable bonds is 2. The van der Waals surface area contributed by atoms with E-state index in [1.807, 2.05) is 0 Å². The van der Waals surface area contributed by atoms with Gasteiger partial charge in [-0.05, 0) is 18.2 Å². The van der Waals surface area contributed by atoms with Gasteiger partial charge in [-0.3, -0.25) is 0 Å². The molecular formula is C12H6F3N2NaO2. The normalized spacial score (nSPS) is 10.8. The fourth-order valence-corrected chi connectivity index (χ4v) is 1.48. The van der Waals surface area contributed by atoms with E-state index >= 15 is 0 Å². The molecule has 2 rings (SSSR count). The van der Waals surface area contributed by atoms with E-state index in [4.69, 9.17) is 0 Å². The van der Waals surface area contributed by atoms with Gasteiger partial charge in [0.15, 0.2) is 0 Å². The summed E-state index contributed by atoms with van der Waals surface area (Å²) in [7, 11) is 0. The summed E-state index contributed by atoms with van der Waals surface area (Å²) < 4.78 is 37.7. The van der Waals surface area contributed by atoms with Gasteiger partial charge in [-0.15, -0.1) is 0 Å². The van der Waals surface area contributed by atoms with Gasteiger partial charge in [-0.2, -0.15) is 13.2 Å². The molecule has 0 saturated heterocycles. The molecule has 0 amide bonds. The van der Waals surface area contributed by atoms with Crippen LogP contribution in [0.15, 0.2) is 36.7 Å². The number of carbonyl (C=O) groups is 1. The van der Waals surface area contributed by atoms with Gasteiger partial charge in [-0.25, -0.2) is 9.97 Å². The first-order valence-electron chi connectivity index (χ1n) is 5.09. The van der Waals surface area contributed by atoms with Gasteiger partial charge < -0.3 is 9.90 Å². The van der Waals surface area contributed by atoms with E-state index in [0.29, 0.717) is 0 Å². The number of hydrogen-bond donors (Lipinski definition) is 0. The first kappa shape index (κ1) is 16.6. The number of carboxylic acids is 1. The summed E-state index contributed by atoms with van der Waals surface area (Å²) >= 11 is 0. The topological polar surface area (TPSA) is 65.9 Å². The summed E-state index contributed by atoms with van der Waals surface area (Å²) in [6, 6.07) is 5.49. The van der Waals surface area contributed by atoms with E-state index in [-0.39, 0.29) is 46.5 Å². The molecule has 0 saturated carbocycles. The SMILES string of the molecule is O=C([O-])c1cc(-c2cccc(C(F)(F)F)c2)ncn1.[Na+]. The summed E-state index contributed by atoms with van der Waals surface area (Å²) in [6.45, 7) is 0. The van der Waals surface area contributed by atoms with Crippen molar-refractivity contribution in [3.63, 3.8) is 0 Å². The van der Waals surface area contributed by atoms with E-state index in [1.54, 1.807) is 0 Å². The Morgan fingerprint density at radius 3 is 2.45 bits per heavy atom. The van der Waals surface area contributed by atoms with Crippen molar-refractivity contribution in [1.82, 2.24) is 9.97 Å². The number of aromatic carboxylic acids is 1. The Morgan fingerprint density at radius 2 is 1.85 bits per heavy atom. The average molecular weight is 290 g/mol. The molecule has 0 unspecified atom stereocenters. The van der Waals surface area contributed by atoms with E-state index in [0.717, 1.165) is 24.5 Å². The van der Waals surface area contributed by atoms with Crippen LogP contribution in [-0.4, -0.2) is 15.9 Å². The zero-order chi connectivity index (χ0) is 14.0.